The number of anilines is 1. The third-order valence-electron chi connectivity index (χ3n) is 3.58. The molecular weight excluding hydrogens is 252 g/mol. The van der Waals surface area contributed by atoms with Crippen molar-refractivity contribution in [3.63, 3.8) is 0 Å². The summed E-state index contributed by atoms with van der Waals surface area (Å²) < 4.78 is 5.31. The van der Waals surface area contributed by atoms with Crippen LogP contribution in [-0.4, -0.2) is 32.2 Å². The van der Waals surface area contributed by atoms with E-state index in [1.807, 2.05) is 6.07 Å². The van der Waals surface area contributed by atoms with Gasteiger partial charge in [-0.05, 0) is 24.5 Å². The number of amides is 1. The van der Waals surface area contributed by atoms with Crippen molar-refractivity contribution in [2.24, 2.45) is 0 Å². The molecule has 0 spiro atoms. The number of hydrogen-bond acceptors (Lipinski definition) is 3. The molecule has 1 aliphatic heterocycles. The Kier molecular flexibility index (Phi) is 5.87. The molecule has 1 atom stereocenters. The van der Waals surface area contributed by atoms with Crippen LogP contribution in [0, 0.1) is 0 Å². The number of ether oxygens (including phenoxy) is 1. The fourth-order valence-corrected chi connectivity index (χ4v) is 2.50. The molecule has 1 aromatic rings. The molecule has 0 radical (unpaired) electrons. The van der Waals surface area contributed by atoms with Crippen LogP contribution in [-0.2, 0) is 9.53 Å². The molecule has 20 heavy (non-hydrogen) atoms. The van der Waals surface area contributed by atoms with E-state index in [0.29, 0.717) is 18.9 Å². The normalized spacial score (nSPS) is 16.6. The van der Waals surface area contributed by atoms with E-state index in [0.717, 1.165) is 32.5 Å². The lowest BCUT2D eigenvalue weighted by Gasteiger charge is -2.11. The number of carbonyl (C=O) groups is 1. The van der Waals surface area contributed by atoms with Gasteiger partial charge in [-0.15, -0.1) is 0 Å². The van der Waals surface area contributed by atoms with Gasteiger partial charge in [0.25, 0.3) is 0 Å². The number of para-hydroxylation sites is 1. The van der Waals surface area contributed by atoms with Crippen molar-refractivity contribution in [2.75, 3.05) is 31.6 Å². The summed E-state index contributed by atoms with van der Waals surface area (Å²) in [6.07, 6.45) is 2.43. The molecule has 0 bridgehead atoms. The van der Waals surface area contributed by atoms with Gasteiger partial charge in [0.15, 0.2) is 0 Å². The van der Waals surface area contributed by atoms with Crippen molar-refractivity contribution < 1.29 is 9.53 Å². The summed E-state index contributed by atoms with van der Waals surface area (Å²) in [6.45, 7) is 5.01. The summed E-state index contributed by atoms with van der Waals surface area (Å²) in [6, 6.07) is 8.40. The first-order valence-corrected chi connectivity index (χ1v) is 7.48. The second-order valence-electron chi connectivity index (χ2n) is 5.17. The zero-order valence-corrected chi connectivity index (χ0v) is 12.2. The van der Waals surface area contributed by atoms with E-state index in [1.54, 1.807) is 0 Å². The minimum atomic E-state index is 0.0837. The molecule has 0 saturated carbocycles. The van der Waals surface area contributed by atoms with Gasteiger partial charge in [0.05, 0.1) is 6.61 Å². The topological polar surface area (TPSA) is 50.4 Å². The Hall–Kier alpha value is -1.55. The molecule has 1 aromatic carbocycles. The maximum atomic E-state index is 11.6. The molecule has 1 amide bonds. The number of hydrogen-bond donors (Lipinski definition) is 2. The predicted molar refractivity (Wildman–Crippen MR) is 81.0 cm³/mol. The number of carbonyl (C=O) groups excluding carboxylic acids is 1. The average molecular weight is 276 g/mol. The van der Waals surface area contributed by atoms with Gasteiger partial charge in [0, 0.05) is 37.7 Å². The van der Waals surface area contributed by atoms with E-state index >= 15 is 0 Å². The van der Waals surface area contributed by atoms with Crippen LogP contribution in [0.15, 0.2) is 24.3 Å². The average Bonchev–Trinajstić information content (AvgIpc) is 2.87. The summed E-state index contributed by atoms with van der Waals surface area (Å²) >= 11 is 0. The first-order chi connectivity index (χ1) is 9.81. The lowest BCUT2D eigenvalue weighted by atomic mass is 9.98. The first-order valence-electron chi connectivity index (χ1n) is 7.48. The van der Waals surface area contributed by atoms with E-state index in [4.69, 9.17) is 4.74 Å². The SMILES string of the molecule is CCCOCCC(=O)NCCC1CNc2ccccc21. The maximum Gasteiger partial charge on any atom is 0.222 e. The lowest BCUT2D eigenvalue weighted by Crippen LogP contribution is -2.26. The third kappa shape index (κ3) is 4.23. The zero-order valence-electron chi connectivity index (χ0n) is 12.2. The second kappa shape index (κ2) is 7.90. The highest BCUT2D eigenvalue weighted by Gasteiger charge is 2.20. The molecule has 4 nitrogen and oxygen atoms in total. The lowest BCUT2D eigenvalue weighted by molar-refractivity contribution is -0.122. The van der Waals surface area contributed by atoms with E-state index in [9.17, 15) is 4.79 Å². The molecular formula is C16H24N2O2. The van der Waals surface area contributed by atoms with Crippen LogP contribution in [0.4, 0.5) is 5.69 Å². The minimum Gasteiger partial charge on any atom is -0.384 e. The van der Waals surface area contributed by atoms with Crippen molar-refractivity contribution in [1.82, 2.24) is 5.32 Å². The van der Waals surface area contributed by atoms with Gasteiger partial charge in [-0.2, -0.15) is 0 Å². The van der Waals surface area contributed by atoms with Crippen molar-refractivity contribution in [2.45, 2.75) is 32.1 Å². The van der Waals surface area contributed by atoms with Gasteiger partial charge in [0.1, 0.15) is 0 Å². The molecule has 1 unspecified atom stereocenters. The summed E-state index contributed by atoms with van der Waals surface area (Å²) in [5.74, 6) is 0.586. The first kappa shape index (κ1) is 14.9. The van der Waals surface area contributed by atoms with E-state index in [1.165, 1.54) is 11.3 Å². The van der Waals surface area contributed by atoms with Crippen molar-refractivity contribution >= 4 is 11.6 Å². The summed E-state index contributed by atoms with van der Waals surface area (Å²) in [7, 11) is 0. The molecule has 1 aliphatic rings. The monoisotopic (exact) mass is 276 g/mol. The van der Waals surface area contributed by atoms with Crippen LogP contribution >= 0.6 is 0 Å². The van der Waals surface area contributed by atoms with Gasteiger partial charge < -0.3 is 15.4 Å². The highest BCUT2D eigenvalue weighted by atomic mass is 16.5. The molecule has 1 heterocycles. The minimum absolute atomic E-state index is 0.0837. The summed E-state index contributed by atoms with van der Waals surface area (Å²) in [5.41, 5.74) is 2.60. The molecule has 0 saturated heterocycles. The van der Waals surface area contributed by atoms with Crippen LogP contribution in [0.5, 0.6) is 0 Å². The Morgan fingerprint density at radius 3 is 3.10 bits per heavy atom. The molecule has 0 aromatic heterocycles. The summed E-state index contributed by atoms with van der Waals surface area (Å²) in [4.78, 5) is 11.6. The van der Waals surface area contributed by atoms with Gasteiger partial charge in [0.2, 0.25) is 5.91 Å². The van der Waals surface area contributed by atoms with Crippen molar-refractivity contribution in [3.8, 4) is 0 Å². The largest absolute Gasteiger partial charge is 0.384 e. The number of fused-ring (bicyclic) bond motifs is 1. The Bertz CT molecular complexity index is 434. The van der Waals surface area contributed by atoms with Gasteiger partial charge in [-0.3, -0.25) is 4.79 Å². The third-order valence-corrected chi connectivity index (χ3v) is 3.58. The molecule has 2 rings (SSSR count). The predicted octanol–water partition coefficient (Wildman–Crippen LogP) is 2.52. The molecule has 0 fully saturated rings. The molecule has 2 N–H and O–H groups in total. The Morgan fingerprint density at radius 1 is 1.40 bits per heavy atom. The maximum absolute atomic E-state index is 11.6. The second-order valence-corrected chi connectivity index (χ2v) is 5.17. The van der Waals surface area contributed by atoms with Crippen LogP contribution in [0.25, 0.3) is 0 Å². The fraction of sp³-hybridized carbons (Fsp3) is 0.562. The van der Waals surface area contributed by atoms with Crippen molar-refractivity contribution in [3.05, 3.63) is 29.8 Å². The summed E-state index contributed by atoms with van der Waals surface area (Å²) in [5, 5.41) is 6.37. The molecule has 0 aliphatic carbocycles. The molecule has 4 heteroatoms. The quantitative estimate of drug-likeness (QED) is 0.717. The van der Waals surface area contributed by atoms with E-state index in [-0.39, 0.29) is 5.91 Å². The van der Waals surface area contributed by atoms with Gasteiger partial charge in [-0.25, -0.2) is 0 Å². The fourth-order valence-electron chi connectivity index (χ4n) is 2.50. The smallest absolute Gasteiger partial charge is 0.222 e. The van der Waals surface area contributed by atoms with Crippen LogP contribution in [0.3, 0.4) is 0 Å². The van der Waals surface area contributed by atoms with Crippen LogP contribution in [0.2, 0.25) is 0 Å². The van der Waals surface area contributed by atoms with E-state index < -0.39 is 0 Å². The standard InChI is InChI=1S/C16H24N2O2/c1-2-10-20-11-8-16(19)17-9-7-13-12-18-15-6-4-3-5-14(13)15/h3-6,13,18H,2,7-12H2,1H3,(H,17,19). The highest BCUT2D eigenvalue weighted by Crippen LogP contribution is 2.32. The number of benzene rings is 1. The zero-order chi connectivity index (χ0) is 14.2. The Balaban J connectivity index is 1.63. The Labute approximate surface area is 120 Å². The van der Waals surface area contributed by atoms with Crippen LogP contribution < -0.4 is 10.6 Å². The van der Waals surface area contributed by atoms with E-state index in [2.05, 4.69) is 35.8 Å². The van der Waals surface area contributed by atoms with Gasteiger partial charge in [-0.1, -0.05) is 25.1 Å². The molecule has 110 valence electrons. The highest BCUT2D eigenvalue weighted by molar-refractivity contribution is 5.75. The number of rotatable bonds is 8. The Morgan fingerprint density at radius 2 is 2.25 bits per heavy atom. The number of nitrogens with one attached hydrogen (secondary N) is 2. The van der Waals surface area contributed by atoms with Gasteiger partial charge >= 0.3 is 0 Å². The van der Waals surface area contributed by atoms with Crippen molar-refractivity contribution in [1.29, 1.82) is 0 Å². The van der Waals surface area contributed by atoms with Crippen LogP contribution in [0.1, 0.15) is 37.7 Å².